The van der Waals surface area contributed by atoms with Crippen molar-refractivity contribution in [1.82, 2.24) is 15.5 Å². The minimum absolute atomic E-state index is 0.0125. The molecule has 1 atom stereocenters. The summed E-state index contributed by atoms with van der Waals surface area (Å²) in [6.45, 7) is 1.80. The quantitative estimate of drug-likeness (QED) is 0.818. The summed E-state index contributed by atoms with van der Waals surface area (Å²) in [7, 11) is 2.00. The van der Waals surface area contributed by atoms with E-state index in [1.807, 2.05) is 31.3 Å². The molecule has 6 rings (SSSR count). The van der Waals surface area contributed by atoms with E-state index in [1.165, 1.54) is 38.5 Å². The Labute approximate surface area is 166 Å². The Balaban J connectivity index is 1.08. The van der Waals surface area contributed by atoms with Gasteiger partial charge in [-0.05, 0) is 75.5 Å². The number of carbonyl (C=O) groups is 1. The van der Waals surface area contributed by atoms with E-state index in [0.29, 0.717) is 19.7 Å². The van der Waals surface area contributed by atoms with Crippen molar-refractivity contribution in [2.45, 2.75) is 50.3 Å². The summed E-state index contributed by atoms with van der Waals surface area (Å²) in [5, 5.41) is 6.43. The average molecular weight is 386 g/mol. The van der Waals surface area contributed by atoms with Gasteiger partial charge in [0, 0.05) is 18.6 Å². The topological polar surface area (TPSA) is 62.8 Å². The molecular weight excluding hydrogens is 354 g/mol. The molecule has 4 fully saturated rings. The van der Waals surface area contributed by atoms with Gasteiger partial charge in [0.1, 0.15) is 6.61 Å². The van der Waals surface area contributed by atoms with Crippen LogP contribution in [0.2, 0.25) is 0 Å². The van der Waals surface area contributed by atoms with Crippen LogP contribution in [0.4, 0.5) is 4.79 Å². The molecule has 0 radical (unpaired) electrons. The predicted molar refractivity (Wildman–Crippen MR) is 106 cm³/mol. The summed E-state index contributed by atoms with van der Waals surface area (Å²) in [6, 6.07) is 7.72. The molecule has 0 spiro atoms. The van der Waals surface area contributed by atoms with Crippen molar-refractivity contribution in [3.63, 3.8) is 0 Å². The highest BCUT2D eigenvalue weighted by Crippen LogP contribution is 2.55. The van der Waals surface area contributed by atoms with Gasteiger partial charge < -0.3 is 20.1 Å². The Hall–Kier alpha value is -1.95. The fraction of sp³-hybridized carbons (Fsp3) is 0.682. The number of hydrogen-bond acceptors (Lipinski definition) is 4. The van der Waals surface area contributed by atoms with E-state index in [4.69, 9.17) is 9.47 Å². The first-order valence-electron chi connectivity index (χ1n) is 10.7. The molecule has 5 aliphatic rings. The Morgan fingerprint density at radius 1 is 1.11 bits per heavy atom. The molecule has 4 saturated carbocycles. The molecule has 28 heavy (non-hydrogen) atoms. The van der Waals surface area contributed by atoms with Crippen LogP contribution in [-0.4, -0.2) is 49.4 Å². The van der Waals surface area contributed by atoms with E-state index in [1.54, 1.807) is 0 Å². The molecule has 0 aromatic heterocycles. The van der Waals surface area contributed by atoms with Gasteiger partial charge in [-0.3, -0.25) is 4.90 Å². The van der Waals surface area contributed by atoms with Gasteiger partial charge in [-0.1, -0.05) is 12.1 Å². The zero-order valence-electron chi connectivity index (χ0n) is 16.7. The van der Waals surface area contributed by atoms with Gasteiger partial charge in [-0.2, -0.15) is 0 Å². The normalized spacial score (nSPS) is 35.1. The van der Waals surface area contributed by atoms with Crippen molar-refractivity contribution in [1.29, 1.82) is 0 Å². The number of para-hydroxylation sites is 2. The van der Waals surface area contributed by atoms with E-state index in [2.05, 4.69) is 15.5 Å². The van der Waals surface area contributed by atoms with Gasteiger partial charge in [-0.25, -0.2) is 4.79 Å². The number of amides is 2. The number of benzene rings is 1. The van der Waals surface area contributed by atoms with Crippen LogP contribution in [-0.2, 0) is 0 Å². The minimum atomic E-state index is -0.136. The number of fused-ring (bicyclic) bond motifs is 1. The van der Waals surface area contributed by atoms with Crippen LogP contribution in [0, 0.1) is 17.8 Å². The third-order valence-corrected chi connectivity index (χ3v) is 7.15. The number of nitrogens with one attached hydrogen (secondary N) is 2. The Bertz CT molecular complexity index is 702. The molecule has 1 aliphatic heterocycles. The van der Waals surface area contributed by atoms with E-state index in [-0.39, 0.29) is 17.8 Å². The molecule has 6 nitrogen and oxygen atoms in total. The first-order valence-corrected chi connectivity index (χ1v) is 10.7. The summed E-state index contributed by atoms with van der Waals surface area (Å²) >= 11 is 0. The predicted octanol–water partition coefficient (Wildman–Crippen LogP) is 2.98. The average Bonchev–Trinajstić information content (AvgIpc) is 2.66. The largest absolute Gasteiger partial charge is 0.484 e. The maximum absolute atomic E-state index is 12.6. The SMILES string of the molecule is CN(CCNC(=O)NC12CC3CC(CC(C3)C1)C2)C1COc2ccccc2O1. The Morgan fingerprint density at radius 2 is 1.75 bits per heavy atom. The van der Waals surface area contributed by atoms with Gasteiger partial charge >= 0.3 is 6.03 Å². The summed E-state index contributed by atoms with van der Waals surface area (Å²) < 4.78 is 11.8. The van der Waals surface area contributed by atoms with Crippen LogP contribution < -0.4 is 20.1 Å². The highest BCUT2D eigenvalue weighted by molar-refractivity contribution is 5.74. The number of rotatable bonds is 5. The lowest BCUT2D eigenvalue weighted by atomic mass is 9.53. The lowest BCUT2D eigenvalue weighted by Crippen LogP contribution is -2.61. The first kappa shape index (κ1) is 18.1. The standard InChI is InChI=1S/C22H31N3O3/c1-25(20-14-27-18-4-2-3-5-19(18)28-20)7-6-23-21(26)24-22-11-15-8-16(12-22)10-17(9-15)13-22/h2-5,15-17,20H,6-14H2,1H3,(H2,23,24,26). The molecule has 1 aromatic rings. The van der Waals surface area contributed by atoms with E-state index >= 15 is 0 Å². The molecule has 4 aliphatic carbocycles. The van der Waals surface area contributed by atoms with Crippen molar-refractivity contribution in [3.8, 4) is 11.5 Å². The number of likely N-dealkylation sites (N-methyl/N-ethyl adjacent to an activating group) is 1. The summed E-state index contributed by atoms with van der Waals surface area (Å²) in [5.41, 5.74) is 0.0643. The fourth-order valence-corrected chi connectivity index (χ4v) is 6.26. The highest BCUT2D eigenvalue weighted by Gasteiger charge is 2.51. The van der Waals surface area contributed by atoms with E-state index in [9.17, 15) is 4.79 Å². The fourth-order valence-electron chi connectivity index (χ4n) is 6.26. The van der Waals surface area contributed by atoms with Gasteiger partial charge in [0.2, 0.25) is 0 Å². The second kappa shape index (κ2) is 7.14. The lowest BCUT2D eigenvalue weighted by molar-refractivity contribution is -0.0162. The highest BCUT2D eigenvalue weighted by atomic mass is 16.6. The smallest absolute Gasteiger partial charge is 0.315 e. The van der Waals surface area contributed by atoms with E-state index in [0.717, 1.165) is 29.3 Å². The third kappa shape index (κ3) is 3.54. The van der Waals surface area contributed by atoms with E-state index < -0.39 is 0 Å². The molecule has 2 N–H and O–H groups in total. The van der Waals surface area contributed by atoms with Crippen molar-refractivity contribution in [2.24, 2.45) is 17.8 Å². The van der Waals surface area contributed by atoms with Crippen molar-refractivity contribution >= 4 is 6.03 Å². The van der Waals surface area contributed by atoms with Crippen LogP contribution in [0.3, 0.4) is 0 Å². The summed E-state index contributed by atoms with van der Waals surface area (Å²) in [6.07, 6.45) is 7.57. The molecular formula is C22H31N3O3. The number of urea groups is 1. The number of hydrogen-bond donors (Lipinski definition) is 2. The monoisotopic (exact) mass is 385 g/mol. The maximum Gasteiger partial charge on any atom is 0.315 e. The number of ether oxygens (including phenoxy) is 2. The van der Waals surface area contributed by atoms with Crippen LogP contribution in [0.1, 0.15) is 38.5 Å². The molecule has 1 heterocycles. The van der Waals surface area contributed by atoms with Crippen LogP contribution in [0.5, 0.6) is 11.5 Å². The van der Waals surface area contributed by atoms with Gasteiger partial charge in [0.15, 0.2) is 17.7 Å². The van der Waals surface area contributed by atoms with Gasteiger partial charge in [0.25, 0.3) is 0 Å². The number of nitrogens with zero attached hydrogens (tertiary/aromatic N) is 1. The third-order valence-electron chi connectivity index (χ3n) is 7.15. The minimum Gasteiger partial charge on any atom is -0.484 e. The van der Waals surface area contributed by atoms with Gasteiger partial charge in [-0.15, -0.1) is 0 Å². The van der Waals surface area contributed by atoms with Crippen LogP contribution in [0.25, 0.3) is 0 Å². The molecule has 4 bridgehead atoms. The first-order chi connectivity index (χ1) is 13.6. The van der Waals surface area contributed by atoms with Gasteiger partial charge in [0.05, 0.1) is 0 Å². The van der Waals surface area contributed by atoms with Crippen molar-refractivity contribution in [3.05, 3.63) is 24.3 Å². The zero-order valence-corrected chi connectivity index (χ0v) is 16.7. The second-order valence-corrected chi connectivity index (χ2v) is 9.39. The summed E-state index contributed by atoms with van der Waals surface area (Å²) in [4.78, 5) is 14.6. The molecule has 1 aromatic carbocycles. The second-order valence-electron chi connectivity index (χ2n) is 9.39. The molecule has 2 amide bonds. The molecule has 1 unspecified atom stereocenters. The zero-order chi connectivity index (χ0) is 19.1. The molecule has 0 saturated heterocycles. The van der Waals surface area contributed by atoms with Crippen molar-refractivity contribution in [2.75, 3.05) is 26.7 Å². The van der Waals surface area contributed by atoms with Crippen LogP contribution >= 0.6 is 0 Å². The lowest BCUT2D eigenvalue weighted by Gasteiger charge is -2.56. The maximum atomic E-state index is 12.6. The summed E-state index contributed by atoms with van der Waals surface area (Å²) in [5.74, 6) is 4.08. The Morgan fingerprint density at radius 3 is 2.43 bits per heavy atom. The molecule has 6 heteroatoms. The van der Waals surface area contributed by atoms with Crippen molar-refractivity contribution < 1.29 is 14.3 Å². The molecule has 152 valence electrons. The number of carbonyl (C=O) groups excluding carboxylic acids is 1. The Kier molecular flexibility index (Phi) is 4.62. The van der Waals surface area contributed by atoms with Crippen LogP contribution in [0.15, 0.2) is 24.3 Å².